The number of aryl methyl sites for hydroxylation is 1. The molecule has 0 aliphatic carbocycles. The van der Waals surface area contributed by atoms with Crippen molar-refractivity contribution in [1.82, 2.24) is 0 Å². The van der Waals surface area contributed by atoms with Crippen molar-refractivity contribution in [2.75, 3.05) is 20.8 Å². The summed E-state index contributed by atoms with van der Waals surface area (Å²) in [6, 6.07) is 6.06. The molecule has 0 bridgehead atoms. The van der Waals surface area contributed by atoms with Gasteiger partial charge in [0.15, 0.2) is 0 Å². The molecule has 1 aromatic carbocycles. The Morgan fingerprint density at radius 3 is 2.60 bits per heavy atom. The largest absolute Gasteiger partial charge is 0.496 e. The predicted octanol–water partition coefficient (Wildman–Crippen LogP) is 2.04. The van der Waals surface area contributed by atoms with Crippen molar-refractivity contribution in [2.24, 2.45) is 5.73 Å². The zero-order valence-electron chi connectivity index (χ0n) is 9.62. The van der Waals surface area contributed by atoms with E-state index >= 15 is 0 Å². The number of methoxy groups -OCH3 is 2. The molecule has 1 aromatic rings. The third kappa shape index (κ3) is 2.70. The van der Waals surface area contributed by atoms with Crippen molar-refractivity contribution >= 4 is 0 Å². The minimum atomic E-state index is 0.0184. The highest BCUT2D eigenvalue weighted by atomic mass is 16.5. The van der Waals surface area contributed by atoms with Gasteiger partial charge in [0, 0.05) is 12.7 Å². The van der Waals surface area contributed by atoms with Gasteiger partial charge >= 0.3 is 0 Å². The van der Waals surface area contributed by atoms with Crippen LogP contribution >= 0.6 is 0 Å². The first kappa shape index (κ1) is 12.0. The summed E-state index contributed by atoms with van der Waals surface area (Å²) in [5.41, 5.74) is 7.75. The number of hydrogen-bond acceptors (Lipinski definition) is 3. The van der Waals surface area contributed by atoms with Gasteiger partial charge in [-0.3, -0.25) is 0 Å². The highest BCUT2D eigenvalue weighted by Crippen LogP contribution is 2.31. The van der Waals surface area contributed by atoms with Crippen molar-refractivity contribution in [3.63, 3.8) is 0 Å². The topological polar surface area (TPSA) is 44.5 Å². The van der Waals surface area contributed by atoms with E-state index in [4.69, 9.17) is 15.2 Å². The lowest BCUT2D eigenvalue weighted by molar-refractivity contribution is 0.0953. The van der Waals surface area contributed by atoms with Crippen LogP contribution in [0.25, 0.3) is 0 Å². The standard InChI is InChI=1S/C12H19NO2/c1-9-5-4-6-10(12(9)15-3)11(14-2)7-8-13/h4-6,11H,7-8,13H2,1-3H3. The van der Waals surface area contributed by atoms with Gasteiger partial charge in [-0.2, -0.15) is 0 Å². The molecule has 84 valence electrons. The second kappa shape index (κ2) is 5.73. The number of hydrogen-bond donors (Lipinski definition) is 1. The smallest absolute Gasteiger partial charge is 0.127 e. The van der Waals surface area contributed by atoms with Gasteiger partial charge in [0.2, 0.25) is 0 Å². The van der Waals surface area contributed by atoms with E-state index in [-0.39, 0.29) is 6.10 Å². The van der Waals surface area contributed by atoms with Gasteiger partial charge in [0.1, 0.15) is 5.75 Å². The molecular formula is C12H19NO2. The van der Waals surface area contributed by atoms with Crippen LogP contribution in [0.1, 0.15) is 23.7 Å². The fourth-order valence-corrected chi connectivity index (χ4v) is 1.76. The summed E-state index contributed by atoms with van der Waals surface area (Å²) in [5.74, 6) is 0.901. The van der Waals surface area contributed by atoms with Gasteiger partial charge in [-0.1, -0.05) is 18.2 Å². The van der Waals surface area contributed by atoms with E-state index in [0.29, 0.717) is 6.54 Å². The molecule has 0 aliphatic heterocycles. The van der Waals surface area contributed by atoms with Crippen LogP contribution in [0.3, 0.4) is 0 Å². The Hall–Kier alpha value is -1.06. The summed E-state index contributed by atoms with van der Waals surface area (Å²) in [7, 11) is 3.38. The van der Waals surface area contributed by atoms with E-state index < -0.39 is 0 Å². The molecule has 2 N–H and O–H groups in total. The van der Waals surface area contributed by atoms with Crippen LogP contribution in [0.5, 0.6) is 5.75 Å². The lowest BCUT2D eigenvalue weighted by atomic mass is 10.0. The molecular weight excluding hydrogens is 190 g/mol. The molecule has 15 heavy (non-hydrogen) atoms. The molecule has 0 saturated carbocycles. The number of nitrogens with two attached hydrogens (primary N) is 1. The summed E-state index contributed by atoms with van der Waals surface area (Å²) in [6.45, 7) is 2.63. The number of para-hydroxylation sites is 1. The number of ether oxygens (including phenoxy) is 2. The maximum Gasteiger partial charge on any atom is 0.127 e. The third-order valence-electron chi connectivity index (χ3n) is 2.51. The van der Waals surface area contributed by atoms with Crippen LogP contribution in [0.4, 0.5) is 0 Å². The van der Waals surface area contributed by atoms with Gasteiger partial charge in [-0.05, 0) is 25.5 Å². The zero-order valence-corrected chi connectivity index (χ0v) is 9.62. The molecule has 0 aliphatic rings. The first-order chi connectivity index (χ1) is 7.24. The molecule has 0 heterocycles. The molecule has 1 rings (SSSR count). The monoisotopic (exact) mass is 209 g/mol. The van der Waals surface area contributed by atoms with E-state index in [9.17, 15) is 0 Å². The second-order valence-corrected chi connectivity index (χ2v) is 3.50. The molecule has 3 nitrogen and oxygen atoms in total. The number of benzene rings is 1. The SMILES string of the molecule is COc1c(C)cccc1C(CCN)OC. The molecule has 0 saturated heterocycles. The van der Waals surface area contributed by atoms with Gasteiger partial charge in [0.25, 0.3) is 0 Å². The Labute approximate surface area is 91.2 Å². The lowest BCUT2D eigenvalue weighted by Crippen LogP contribution is -2.10. The van der Waals surface area contributed by atoms with E-state index in [1.807, 2.05) is 25.1 Å². The van der Waals surface area contributed by atoms with E-state index in [2.05, 4.69) is 0 Å². The van der Waals surface area contributed by atoms with Crippen LogP contribution in [-0.4, -0.2) is 20.8 Å². The summed E-state index contributed by atoms with van der Waals surface area (Å²) < 4.78 is 10.8. The maximum atomic E-state index is 5.55. The van der Waals surface area contributed by atoms with Gasteiger partial charge in [-0.15, -0.1) is 0 Å². The van der Waals surface area contributed by atoms with Crippen LogP contribution in [-0.2, 0) is 4.74 Å². The van der Waals surface area contributed by atoms with E-state index in [1.165, 1.54) is 0 Å². The molecule has 0 fully saturated rings. The van der Waals surface area contributed by atoms with Crippen molar-refractivity contribution < 1.29 is 9.47 Å². The summed E-state index contributed by atoms with van der Waals surface area (Å²) in [6.07, 6.45) is 0.820. The van der Waals surface area contributed by atoms with Crippen molar-refractivity contribution in [3.05, 3.63) is 29.3 Å². The molecule has 1 unspecified atom stereocenters. The highest BCUT2D eigenvalue weighted by Gasteiger charge is 2.15. The quantitative estimate of drug-likeness (QED) is 0.807. The van der Waals surface area contributed by atoms with Crippen LogP contribution in [0.15, 0.2) is 18.2 Å². The van der Waals surface area contributed by atoms with Gasteiger partial charge in [-0.25, -0.2) is 0 Å². The van der Waals surface area contributed by atoms with Gasteiger partial charge < -0.3 is 15.2 Å². The highest BCUT2D eigenvalue weighted by molar-refractivity contribution is 5.42. The molecule has 1 atom stereocenters. The van der Waals surface area contributed by atoms with Crippen molar-refractivity contribution in [3.8, 4) is 5.75 Å². The number of rotatable bonds is 5. The molecule has 0 spiro atoms. The van der Waals surface area contributed by atoms with Crippen molar-refractivity contribution in [2.45, 2.75) is 19.4 Å². The Morgan fingerprint density at radius 2 is 2.07 bits per heavy atom. The first-order valence-electron chi connectivity index (χ1n) is 5.11. The summed E-state index contributed by atoms with van der Waals surface area (Å²) in [4.78, 5) is 0. The van der Waals surface area contributed by atoms with E-state index in [1.54, 1.807) is 14.2 Å². The first-order valence-corrected chi connectivity index (χ1v) is 5.11. The van der Waals surface area contributed by atoms with Crippen LogP contribution < -0.4 is 10.5 Å². The van der Waals surface area contributed by atoms with Crippen molar-refractivity contribution in [1.29, 1.82) is 0 Å². The second-order valence-electron chi connectivity index (χ2n) is 3.50. The third-order valence-corrected chi connectivity index (χ3v) is 2.51. The fourth-order valence-electron chi connectivity index (χ4n) is 1.76. The molecule has 0 amide bonds. The Balaban J connectivity index is 3.04. The predicted molar refractivity (Wildman–Crippen MR) is 61.2 cm³/mol. The Morgan fingerprint density at radius 1 is 1.33 bits per heavy atom. The van der Waals surface area contributed by atoms with E-state index in [0.717, 1.165) is 23.3 Å². The summed E-state index contributed by atoms with van der Waals surface area (Å²) >= 11 is 0. The van der Waals surface area contributed by atoms with Crippen LogP contribution in [0, 0.1) is 6.92 Å². The maximum absolute atomic E-state index is 5.55. The van der Waals surface area contributed by atoms with Gasteiger partial charge in [0.05, 0.1) is 13.2 Å². The lowest BCUT2D eigenvalue weighted by Gasteiger charge is -2.19. The summed E-state index contributed by atoms with van der Waals surface area (Å²) in [5, 5.41) is 0. The average Bonchev–Trinajstić information content (AvgIpc) is 2.25. The minimum Gasteiger partial charge on any atom is -0.496 e. The normalized spacial score (nSPS) is 12.5. The fraction of sp³-hybridized carbons (Fsp3) is 0.500. The minimum absolute atomic E-state index is 0.0184. The Bertz CT molecular complexity index is 312. The molecule has 0 radical (unpaired) electrons. The van der Waals surface area contributed by atoms with Crippen LogP contribution in [0.2, 0.25) is 0 Å². The molecule has 0 aromatic heterocycles. The Kier molecular flexibility index (Phi) is 4.59. The average molecular weight is 209 g/mol. The molecule has 3 heteroatoms. The zero-order chi connectivity index (χ0) is 11.3.